The van der Waals surface area contributed by atoms with Crippen LogP contribution < -0.4 is 0 Å². The largest absolute Gasteiger partial charge is 0.481 e. The fourth-order valence-corrected chi connectivity index (χ4v) is 1.88. The fourth-order valence-electron chi connectivity index (χ4n) is 1.88. The molecule has 2 aromatic carbocycles. The standard InChI is InChI=1S/C15H13NO4/c1-10(15(17)18)11-2-4-12(5-3-11)13-6-8-14(9-7-13)16(19)20/h2-10H,1H3,(H,17,18). The van der Waals surface area contributed by atoms with Gasteiger partial charge in [-0.25, -0.2) is 0 Å². The van der Waals surface area contributed by atoms with Crippen molar-refractivity contribution in [3.05, 3.63) is 64.2 Å². The second-order valence-corrected chi connectivity index (χ2v) is 4.49. The summed E-state index contributed by atoms with van der Waals surface area (Å²) in [5.74, 6) is -1.42. The number of nitro groups is 1. The third-order valence-electron chi connectivity index (χ3n) is 3.19. The smallest absolute Gasteiger partial charge is 0.310 e. The average molecular weight is 271 g/mol. The van der Waals surface area contributed by atoms with Crippen LogP contribution in [0, 0.1) is 10.1 Å². The SMILES string of the molecule is CC(C(=O)O)c1ccc(-c2ccc([N+](=O)[O-])cc2)cc1. The lowest BCUT2D eigenvalue weighted by atomic mass is 9.97. The third kappa shape index (κ3) is 2.83. The molecule has 2 aromatic rings. The second kappa shape index (κ2) is 5.52. The summed E-state index contributed by atoms with van der Waals surface area (Å²) in [5.41, 5.74) is 2.51. The molecule has 1 N–H and O–H groups in total. The number of hydrogen-bond donors (Lipinski definition) is 1. The van der Waals surface area contributed by atoms with Crippen LogP contribution in [0.2, 0.25) is 0 Å². The number of carboxylic acid groups (broad SMARTS) is 1. The van der Waals surface area contributed by atoms with Crippen LogP contribution >= 0.6 is 0 Å². The van der Waals surface area contributed by atoms with E-state index < -0.39 is 16.8 Å². The number of non-ortho nitro benzene ring substituents is 1. The van der Waals surface area contributed by atoms with Gasteiger partial charge in [0.2, 0.25) is 0 Å². The topological polar surface area (TPSA) is 80.4 Å². The van der Waals surface area contributed by atoms with Gasteiger partial charge < -0.3 is 5.11 Å². The van der Waals surface area contributed by atoms with Gasteiger partial charge >= 0.3 is 5.97 Å². The lowest BCUT2D eigenvalue weighted by molar-refractivity contribution is -0.384. The van der Waals surface area contributed by atoms with Gasteiger partial charge in [0, 0.05) is 12.1 Å². The molecule has 0 fully saturated rings. The highest BCUT2D eigenvalue weighted by Gasteiger charge is 2.13. The Morgan fingerprint density at radius 1 is 1.05 bits per heavy atom. The summed E-state index contributed by atoms with van der Waals surface area (Å²) in [6.45, 7) is 1.63. The molecule has 0 heterocycles. The number of rotatable bonds is 4. The first-order valence-corrected chi connectivity index (χ1v) is 6.06. The van der Waals surface area contributed by atoms with Crippen molar-refractivity contribution in [1.82, 2.24) is 0 Å². The highest BCUT2D eigenvalue weighted by Crippen LogP contribution is 2.24. The number of hydrogen-bond acceptors (Lipinski definition) is 3. The maximum atomic E-state index is 10.9. The summed E-state index contributed by atoms with van der Waals surface area (Å²) < 4.78 is 0. The molecule has 0 aliphatic heterocycles. The molecule has 0 aromatic heterocycles. The molecule has 5 heteroatoms. The summed E-state index contributed by atoms with van der Waals surface area (Å²) in [5, 5.41) is 19.5. The van der Waals surface area contributed by atoms with Gasteiger partial charge in [-0.05, 0) is 35.7 Å². The molecule has 0 spiro atoms. The van der Waals surface area contributed by atoms with Crippen LogP contribution in [0.3, 0.4) is 0 Å². The molecule has 1 unspecified atom stereocenters. The minimum atomic E-state index is -0.868. The Balaban J connectivity index is 2.25. The number of nitrogens with zero attached hydrogens (tertiary/aromatic N) is 1. The lowest BCUT2D eigenvalue weighted by Gasteiger charge is -2.08. The molecule has 2 rings (SSSR count). The van der Waals surface area contributed by atoms with Gasteiger partial charge in [-0.1, -0.05) is 24.3 Å². The summed E-state index contributed by atoms with van der Waals surface area (Å²) in [6.07, 6.45) is 0. The number of carbonyl (C=O) groups is 1. The fraction of sp³-hybridized carbons (Fsp3) is 0.133. The van der Waals surface area contributed by atoms with Crippen LogP contribution in [-0.2, 0) is 4.79 Å². The Morgan fingerprint density at radius 3 is 1.90 bits per heavy atom. The monoisotopic (exact) mass is 271 g/mol. The normalized spacial score (nSPS) is 11.8. The molecule has 0 radical (unpaired) electrons. The van der Waals surface area contributed by atoms with Gasteiger partial charge in [-0.2, -0.15) is 0 Å². The van der Waals surface area contributed by atoms with Crippen molar-refractivity contribution in [3.8, 4) is 11.1 Å². The molecule has 0 aliphatic rings. The summed E-state index contributed by atoms with van der Waals surface area (Å²) in [7, 11) is 0. The first-order valence-electron chi connectivity index (χ1n) is 6.06. The number of benzene rings is 2. The molecule has 0 saturated carbocycles. The Kier molecular flexibility index (Phi) is 3.79. The van der Waals surface area contributed by atoms with E-state index in [4.69, 9.17) is 5.11 Å². The Labute approximate surface area is 115 Å². The van der Waals surface area contributed by atoms with Crippen LogP contribution in [0.15, 0.2) is 48.5 Å². The van der Waals surface area contributed by atoms with Crippen molar-refractivity contribution >= 4 is 11.7 Å². The molecule has 0 bridgehead atoms. The van der Waals surface area contributed by atoms with E-state index in [0.29, 0.717) is 0 Å². The van der Waals surface area contributed by atoms with E-state index in [1.165, 1.54) is 12.1 Å². The Hall–Kier alpha value is -2.69. The van der Waals surface area contributed by atoms with Gasteiger partial charge in [0.05, 0.1) is 10.8 Å². The van der Waals surface area contributed by atoms with E-state index >= 15 is 0 Å². The van der Waals surface area contributed by atoms with E-state index in [9.17, 15) is 14.9 Å². The molecular formula is C15H13NO4. The molecule has 1 atom stereocenters. The van der Waals surface area contributed by atoms with Crippen molar-refractivity contribution in [1.29, 1.82) is 0 Å². The van der Waals surface area contributed by atoms with Gasteiger partial charge in [-0.15, -0.1) is 0 Å². The summed E-state index contributed by atoms with van der Waals surface area (Å²) in [6, 6.07) is 13.4. The van der Waals surface area contributed by atoms with Crippen LogP contribution in [0.4, 0.5) is 5.69 Å². The zero-order chi connectivity index (χ0) is 14.7. The average Bonchev–Trinajstić information content (AvgIpc) is 2.46. The van der Waals surface area contributed by atoms with Gasteiger partial charge in [0.25, 0.3) is 5.69 Å². The van der Waals surface area contributed by atoms with Crippen LogP contribution in [-0.4, -0.2) is 16.0 Å². The van der Waals surface area contributed by atoms with E-state index in [0.717, 1.165) is 16.7 Å². The molecule has 0 saturated heterocycles. The van der Waals surface area contributed by atoms with E-state index in [1.807, 2.05) is 12.1 Å². The van der Waals surface area contributed by atoms with E-state index in [2.05, 4.69) is 0 Å². The second-order valence-electron chi connectivity index (χ2n) is 4.49. The van der Waals surface area contributed by atoms with Crippen molar-refractivity contribution in [3.63, 3.8) is 0 Å². The number of aliphatic carboxylic acids is 1. The van der Waals surface area contributed by atoms with Gasteiger partial charge in [0.15, 0.2) is 0 Å². The van der Waals surface area contributed by atoms with Crippen LogP contribution in [0.25, 0.3) is 11.1 Å². The van der Waals surface area contributed by atoms with Crippen molar-refractivity contribution in [2.24, 2.45) is 0 Å². The van der Waals surface area contributed by atoms with E-state index in [1.54, 1.807) is 31.2 Å². The lowest BCUT2D eigenvalue weighted by Crippen LogP contribution is -2.06. The van der Waals surface area contributed by atoms with E-state index in [-0.39, 0.29) is 5.69 Å². The summed E-state index contributed by atoms with van der Waals surface area (Å²) in [4.78, 5) is 21.0. The zero-order valence-corrected chi connectivity index (χ0v) is 10.8. The van der Waals surface area contributed by atoms with Gasteiger partial charge in [-0.3, -0.25) is 14.9 Å². The summed E-state index contributed by atoms with van der Waals surface area (Å²) >= 11 is 0. The Bertz CT molecular complexity index is 632. The Morgan fingerprint density at radius 2 is 1.50 bits per heavy atom. The van der Waals surface area contributed by atoms with Crippen molar-refractivity contribution < 1.29 is 14.8 Å². The first-order chi connectivity index (χ1) is 9.49. The highest BCUT2D eigenvalue weighted by molar-refractivity contribution is 5.76. The minimum absolute atomic E-state index is 0.0462. The zero-order valence-electron chi connectivity index (χ0n) is 10.8. The van der Waals surface area contributed by atoms with Crippen molar-refractivity contribution in [2.75, 3.05) is 0 Å². The van der Waals surface area contributed by atoms with Crippen LogP contribution in [0.5, 0.6) is 0 Å². The maximum absolute atomic E-state index is 10.9. The highest BCUT2D eigenvalue weighted by atomic mass is 16.6. The number of carboxylic acids is 1. The molecule has 0 amide bonds. The molecule has 102 valence electrons. The predicted molar refractivity (Wildman–Crippen MR) is 74.6 cm³/mol. The van der Waals surface area contributed by atoms with Gasteiger partial charge in [0.1, 0.15) is 0 Å². The number of nitro benzene ring substituents is 1. The molecular weight excluding hydrogens is 258 g/mol. The molecule has 20 heavy (non-hydrogen) atoms. The third-order valence-corrected chi connectivity index (χ3v) is 3.19. The molecule has 5 nitrogen and oxygen atoms in total. The minimum Gasteiger partial charge on any atom is -0.481 e. The van der Waals surface area contributed by atoms with Crippen LogP contribution in [0.1, 0.15) is 18.4 Å². The maximum Gasteiger partial charge on any atom is 0.310 e. The first kappa shape index (κ1) is 13.7. The molecule has 0 aliphatic carbocycles. The predicted octanol–water partition coefficient (Wildman–Crippen LogP) is 3.45. The quantitative estimate of drug-likeness (QED) is 0.682. The van der Waals surface area contributed by atoms with Crippen molar-refractivity contribution in [2.45, 2.75) is 12.8 Å².